The topological polar surface area (TPSA) is 77.8 Å². The van der Waals surface area contributed by atoms with Crippen molar-refractivity contribution in [1.82, 2.24) is 0 Å². The van der Waals surface area contributed by atoms with E-state index < -0.39 is 22.6 Å². The fourth-order valence-corrected chi connectivity index (χ4v) is 6.53. The molecule has 2 fully saturated rings. The number of fused-ring (bicyclic) bond motifs is 3. The van der Waals surface area contributed by atoms with E-state index >= 15 is 0 Å². The number of aliphatic carboxylic acids is 1. The predicted molar refractivity (Wildman–Crippen MR) is 97.0 cm³/mol. The summed E-state index contributed by atoms with van der Waals surface area (Å²) in [6.07, 6.45) is 7.58. The van der Waals surface area contributed by atoms with Crippen LogP contribution in [0.15, 0.2) is 12.2 Å². The highest BCUT2D eigenvalue weighted by molar-refractivity contribution is 5.76. The van der Waals surface area contributed by atoms with Crippen molar-refractivity contribution in [2.45, 2.75) is 77.9 Å². The summed E-state index contributed by atoms with van der Waals surface area (Å²) in [6.45, 7) is 9.82. The van der Waals surface area contributed by atoms with E-state index in [4.69, 9.17) is 0 Å². The summed E-state index contributed by atoms with van der Waals surface area (Å²) in [5.41, 5.74) is -3.36. The Labute approximate surface area is 151 Å². The third kappa shape index (κ3) is 2.51. The fourth-order valence-electron chi connectivity index (χ4n) is 6.53. The summed E-state index contributed by atoms with van der Waals surface area (Å²) >= 11 is 0. The van der Waals surface area contributed by atoms with Gasteiger partial charge in [-0.25, -0.2) is 0 Å². The number of hydrogen-bond donors (Lipinski definition) is 3. The molecule has 0 aliphatic heterocycles. The summed E-state index contributed by atoms with van der Waals surface area (Å²) in [7, 11) is 0. The maximum Gasteiger partial charge on any atom is 0.310 e. The molecule has 142 valence electrons. The molecule has 25 heavy (non-hydrogen) atoms. The monoisotopic (exact) mass is 350 g/mol. The molecular formula is C21H34O4. The fraction of sp³-hybridized carbons (Fsp3) is 0.857. The van der Waals surface area contributed by atoms with Crippen LogP contribution in [0, 0.1) is 34.5 Å². The molecule has 3 rings (SSSR count). The van der Waals surface area contributed by atoms with E-state index in [0.29, 0.717) is 18.8 Å². The van der Waals surface area contributed by atoms with Crippen LogP contribution in [0.25, 0.3) is 0 Å². The lowest BCUT2D eigenvalue weighted by Gasteiger charge is -2.54. The van der Waals surface area contributed by atoms with Crippen molar-refractivity contribution in [2.75, 3.05) is 0 Å². The maximum atomic E-state index is 12.5. The summed E-state index contributed by atoms with van der Waals surface area (Å²) in [5.74, 6) is 0.0780. The van der Waals surface area contributed by atoms with Crippen LogP contribution in [0.3, 0.4) is 0 Å². The van der Waals surface area contributed by atoms with Crippen LogP contribution >= 0.6 is 0 Å². The Morgan fingerprint density at radius 1 is 1.12 bits per heavy atom. The standard InChI is InChI=1S/C21H34O4/c1-13(2)14-6-7-16-15-8-9-19(4,24)20(5,25)12-18(15,3)10-11-21(14,16)17(22)23/h8-9,13-16,24-25H,6-7,10-12H2,1-5H3,(H,22,23)/t14-,15+,16+,18+,19+,20-,21+/m1/s1. The zero-order chi connectivity index (χ0) is 18.8. The largest absolute Gasteiger partial charge is 0.481 e. The molecule has 0 bridgehead atoms. The van der Waals surface area contributed by atoms with E-state index in [0.717, 1.165) is 19.3 Å². The van der Waals surface area contributed by atoms with Crippen molar-refractivity contribution < 1.29 is 20.1 Å². The van der Waals surface area contributed by atoms with Crippen LogP contribution in [0.4, 0.5) is 0 Å². The Morgan fingerprint density at radius 2 is 1.76 bits per heavy atom. The molecule has 0 radical (unpaired) electrons. The molecular weight excluding hydrogens is 316 g/mol. The first-order chi connectivity index (χ1) is 11.4. The minimum Gasteiger partial charge on any atom is -0.481 e. The second-order valence-corrected chi connectivity index (χ2v) is 10.0. The first-order valence-electron chi connectivity index (χ1n) is 9.75. The van der Waals surface area contributed by atoms with Crippen molar-refractivity contribution in [3.63, 3.8) is 0 Å². The van der Waals surface area contributed by atoms with Crippen molar-refractivity contribution in [2.24, 2.45) is 34.5 Å². The molecule has 0 saturated heterocycles. The first kappa shape index (κ1) is 18.9. The number of rotatable bonds is 2. The van der Waals surface area contributed by atoms with E-state index in [2.05, 4.69) is 20.8 Å². The van der Waals surface area contributed by atoms with E-state index in [-0.39, 0.29) is 23.2 Å². The van der Waals surface area contributed by atoms with Crippen LogP contribution in [0.5, 0.6) is 0 Å². The molecule has 0 aromatic heterocycles. The van der Waals surface area contributed by atoms with Crippen LogP contribution in [-0.4, -0.2) is 32.5 Å². The smallest absolute Gasteiger partial charge is 0.310 e. The molecule has 0 aromatic carbocycles. The molecule has 0 heterocycles. The van der Waals surface area contributed by atoms with Gasteiger partial charge >= 0.3 is 5.97 Å². The average Bonchev–Trinajstić information content (AvgIpc) is 2.82. The number of hydrogen-bond acceptors (Lipinski definition) is 3. The lowest BCUT2D eigenvalue weighted by atomic mass is 9.50. The van der Waals surface area contributed by atoms with Crippen molar-refractivity contribution in [3.8, 4) is 0 Å². The van der Waals surface area contributed by atoms with Gasteiger partial charge in [0, 0.05) is 0 Å². The lowest BCUT2D eigenvalue weighted by Crippen LogP contribution is -2.55. The van der Waals surface area contributed by atoms with E-state index in [1.165, 1.54) is 0 Å². The van der Waals surface area contributed by atoms with E-state index in [1.807, 2.05) is 6.08 Å². The van der Waals surface area contributed by atoms with Gasteiger partial charge in [0.05, 0.1) is 11.0 Å². The van der Waals surface area contributed by atoms with Gasteiger partial charge in [0.1, 0.15) is 5.60 Å². The molecule has 3 N–H and O–H groups in total. The molecule has 0 aromatic rings. The molecule has 2 saturated carbocycles. The number of aliphatic hydroxyl groups is 2. The minimum atomic E-state index is -1.30. The van der Waals surface area contributed by atoms with Gasteiger partial charge in [-0.15, -0.1) is 0 Å². The molecule has 0 amide bonds. The third-order valence-corrected chi connectivity index (χ3v) is 8.13. The van der Waals surface area contributed by atoms with Gasteiger partial charge in [-0.05, 0) is 75.0 Å². The Hall–Kier alpha value is -0.870. The highest BCUT2D eigenvalue weighted by atomic mass is 16.4. The Bertz CT molecular complexity index is 591. The average molecular weight is 350 g/mol. The van der Waals surface area contributed by atoms with Crippen molar-refractivity contribution in [3.05, 3.63) is 12.2 Å². The van der Waals surface area contributed by atoms with Crippen LogP contribution in [0.1, 0.15) is 66.7 Å². The zero-order valence-electron chi connectivity index (χ0n) is 16.2. The second-order valence-electron chi connectivity index (χ2n) is 10.0. The normalized spacial score (nSPS) is 52.6. The van der Waals surface area contributed by atoms with E-state index in [9.17, 15) is 20.1 Å². The number of carbonyl (C=O) groups is 1. The highest BCUT2D eigenvalue weighted by Crippen LogP contribution is 2.66. The summed E-state index contributed by atoms with van der Waals surface area (Å²) in [5, 5.41) is 31.9. The molecule has 3 aliphatic carbocycles. The quantitative estimate of drug-likeness (QED) is 0.665. The number of carboxylic acid groups (broad SMARTS) is 1. The zero-order valence-corrected chi connectivity index (χ0v) is 16.2. The van der Waals surface area contributed by atoms with Gasteiger partial charge in [-0.3, -0.25) is 4.79 Å². The lowest BCUT2D eigenvalue weighted by molar-refractivity contribution is -0.169. The first-order valence-corrected chi connectivity index (χ1v) is 9.75. The summed E-state index contributed by atoms with van der Waals surface area (Å²) in [4.78, 5) is 12.5. The maximum absolute atomic E-state index is 12.5. The van der Waals surface area contributed by atoms with Gasteiger partial charge in [-0.1, -0.05) is 32.9 Å². The number of allylic oxidation sites excluding steroid dienone is 1. The van der Waals surface area contributed by atoms with E-state index in [1.54, 1.807) is 19.9 Å². The summed E-state index contributed by atoms with van der Waals surface area (Å²) in [6, 6.07) is 0. The van der Waals surface area contributed by atoms with Crippen LogP contribution in [0.2, 0.25) is 0 Å². The van der Waals surface area contributed by atoms with Crippen LogP contribution < -0.4 is 0 Å². The molecule has 4 nitrogen and oxygen atoms in total. The third-order valence-electron chi connectivity index (χ3n) is 8.13. The van der Waals surface area contributed by atoms with Gasteiger partial charge < -0.3 is 15.3 Å². The molecule has 7 atom stereocenters. The van der Waals surface area contributed by atoms with Gasteiger partial charge in [-0.2, -0.15) is 0 Å². The second kappa shape index (κ2) is 5.56. The number of carboxylic acids is 1. The highest BCUT2D eigenvalue weighted by Gasteiger charge is 2.65. The molecule has 0 unspecified atom stereocenters. The van der Waals surface area contributed by atoms with Crippen LogP contribution in [-0.2, 0) is 4.79 Å². The minimum absolute atomic E-state index is 0.0806. The van der Waals surface area contributed by atoms with Gasteiger partial charge in [0.25, 0.3) is 0 Å². The van der Waals surface area contributed by atoms with Crippen molar-refractivity contribution in [1.29, 1.82) is 0 Å². The SMILES string of the molecule is CC(C)[C@H]1CC[C@H]2[C@@H]3C=C[C@](C)(O)[C@](C)(O)C[C@]3(C)CC[C@]12C(=O)O. The van der Waals surface area contributed by atoms with Crippen molar-refractivity contribution >= 4 is 5.97 Å². The predicted octanol–water partition coefficient (Wildman–Crippen LogP) is 3.62. The Morgan fingerprint density at radius 3 is 2.32 bits per heavy atom. The van der Waals surface area contributed by atoms with Gasteiger partial charge in [0.15, 0.2) is 0 Å². The Kier molecular flexibility index (Phi) is 4.21. The molecule has 3 aliphatic rings. The molecule has 4 heteroatoms. The summed E-state index contributed by atoms with van der Waals surface area (Å²) < 4.78 is 0. The molecule has 0 spiro atoms. The van der Waals surface area contributed by atoms with Gasteiger partial charge in [0.2, 0.25) is 0 Å². The Balaban J connectivity index is 2.08.